The summed E-state index contributed by atoms with van der Waals surface area (Å²) in [5.74, 6) is 0.484. The van der Waals surface area contributed by atoms with Crippen LogP contribution < -0.4 is 9.80 Å². The summed E-state index contributed by atoms with van der Waals surface area (Å²) in [6, 6.07) is 28.4. The zero-order valence-electron chi connectivity index (χ0n) is 32.8. The number of rotatable bonds is 3. The third-order valence-electron chi connectivity index (χ3n) is 14.2. The van der Waals surface area contributed by atoms with Crippen LogP contribution in [0.3, 0.4) is 0 Å². The molecule has 3 heterocycles. The summed E-state index contributed by atoms with van der Waals surface area (Å²) in [7, 11) is 0. The molecule has 3 aliphatic heterocycles. The van der Waals surface area contributed by atoms with Crippen LogP contribution in [0.15, 0.2) is 119 Å². The van der Waals surface area contributed by atoms with Crippen LogP contribution in [-0.4, -0.2) is 0 Å². The number of hydrogen-bond donors (Lipinski definition) is 0. The molecule has 0 N–H and O–H groups in total. The number of fused-ring (bicyclic) bond motifs is 3. The maximum absolute atomic E-state index is 2.79. The van der Waals surface area contributed by atoms with Gasteiger partial charge >= 0.3 is 0 Å². The summed E-state index contributed by atoms with van der Waals surface area (Å²) in [6.07, 6.45) is 10.9. The van der Waals surface area contributed by atoms with Gasteiger partial charge in [-0.05, 0) is 136 Å². The van der Waals surface area contributed by atoms with Gasteiger partial charge in [-0.25, -0.2) is 0 Å². The Bertz CT molecular complexity index is 2400. The van der Waals surface area contributed by atoms with Gasteiger partial charge in [0, 0.05) is 50.6 Å². The van der Waals surface area contributed by atoms with E-state index < -0.39 is 0 Å². The van der Waals surface area contributed by atoms with E-state index in [9.17, 15) is 0 Å². The molecule has 0 fully saturated rings. The average molecular weight is 681 g/mol. The van der Waals surface area contributed by atoms with Gasteiger partial charge in [0.1, 0.15) is 0 Å². The molecular weight excluding hydrogens is 629 g/mol. The molecule has 0 aromatic heterocycles. The molecule has 3 aliphatic carbocycles. The van der Waals surface area contributed by atoms with Crippen LogP contribution in [0.5, 0.6) is 0 Å². The van der Waals surface area contributed by atoms with Gasteiger partial charge in [-0.2, -0.15) is 0 Å². The first-order chi connectivity index (χ1) is 24.6. The SMILES string of the molecule is Cc1cc(C)cc(N(c2cc3c4c(c2)C(C)(C)C2=C5C(CC=C2)C(C)(C)C2=C(C(=CCC2)C3(C)C)N54)c2ccc3c(c2)C(C)(C)c2ccccc2-3)c1. The molecule has 1 unspecified atom stereocenters. The second-order valence-corrected chi connectivity index (χ2v) is 18.8. The molecular formula is C50H52N2. The normalized spacial score (nSPS) is 22.8. The number of benzene rings is 4. The fourth-order valence-corrected chi connectivity index (χ4v) is 11.5. The molecule has 0 bridgehead atoms. The zero-order valence-corrected chi connectivity index (χ0v) is 32.8. The van der Waals surface area contributed by atoms with E-state index in [0.29, 0.717) is 5.92 Å². The van der Waals surface area contributed by atoms with Crippen molar-refractivity contribution in [3.8, 4) is 11.1 Å². The standard InChI is InChI=1S/C50H52N2/c1-29-23-30(2)25-32(24-29)51(31-21-22-35-34-15-11-12-16-36(34)47(3,4)41(35)26-31)33-27-42-46-43(28-33)50(9,10)40-20-14-18-38-45(40)52(46)44-37(48(38,5)6)17-13-19-39(44)49(42,7)8/h11-13,15-16,19-28,37H,14,17-18H2,1-10H3. The molecule has 6 aliphatic rings. The summed E-state index contributed by atoms with van der Waals surface area (Å²) < 4.78 is 0. The number of anilines is 4. The maximum atomic E-state index is 2.79. The molecule has 10 rings (SSSR count). The Morgan fingerprint density at radius 2 is 1.31 bits per heavy atom. The molecule has 0 saturated heterocycles. The van der Waals surface area contributed by atoms with Gasteiger partial charge in [-0.1, -0.05) is 110 Å². The predicted molar refractivity (Wildman–Crippen MR) is 219 cm³/mol. The first-order valence-corrected chi connectivity index (χ1v) is 19.6. The molecule has 4 aromatic carbocycles. The van der Waals surface area contributed by atoms with Crippen molar-refractivity contribution >= 4 is 22.7 Å². The minimum atomic E-state index is -0.156. The van der Waals surface area contributed by atoms with E-state index in [4.69, 9.17) is 0 Å². The minimum Gasteiger partial charge on any atom is -0.313 e. The molecule has 2 heteroatoms. The summed E-state index contributed by atoms with van der Waals surface area (Å²) in [6.45, 7) is 24.3. The quantitative estimate of drug-likeness (QED) is 0.212. The Hall–Kier alpha value is -4.56. The van der Waals surface area contributed by atoms with Crippen molar-refractivity contribution < 1.29 is 0 Å². The van der Waals surface area contributed by atoms with Gasteiger partial charge in [0.25, 0.3) is 0 Å². The molecule has 0 saturated carbocycles. The van der Waals surface area contributed by atoms with Crippen molar-refractivity contribution in [3.63, 3.8) is 0 Å². The minimum absolute atomic E-state index is 0.0787. The molecule has 0 spiro atoms. The van der Waals surface area contributed by atoms with E-state index >= 15 is 0 Å². The number of nitrogens with zero attached hydrogens (tertiary/aromatic N) is 2. The lowest BCUT2D eigenvalue weighted by molar-refractivity contribution is 0.265. The maximum Gasteiger partial charge on any atom is 0.0542 e. The van der Waals surface area contributed by atoms with Crippen molar-refractivity contribution in [2.75, 3.05) is 9.80 Å². The lowest BCUT2D eigenvalue weighted by Crippen LogP contribution is -2.53. The molecule has 0 radical (unpaired) electrons. The topological polar surface area (TPSA) is 6.48 Å². The van der Waals surface area contributed by atoms with Crippen LogP contribution in [0.1, 0.15) is 108 Å². The fraction of sp³-hybridized carbons (Fsp3) is 0.360. The second-order valence-electron chi connectivity index (χ2n) is 18.8. The van der Waals surface area contributed by atoms with E-state index in [1.54, 1.807) is 11.3 Å². The summed E-state index contributed by atoms with van der Waals surface area (Å²) in [5.41, 5.74) is 23.6. The molecule has 2 nitrogen and oxygen atoms in total. The third-order valence-corrected chi connectivity index (χ3v) is 14.2. The Balaban J connectivity index is 1.27. The van der Waals surface area contributed by atoms with E-state index in [0.717, 1.165) is 19.3 Å². The van der Waals surface area contributed by atoms with Crippen LogP contribution in [0.2, 0.25) is 0 Å². The van der Waals surface area contributed by atoms with E-state index in [1.807, 2.05) is 0 Å². The van der Waals surface area contributed by atoms with Gasteiger partial charge in [0.15, 0.2) is 0 Å². The van der Waals surface area contributed by atoms with Crippen molar-refractivity contribution in [3.05, 3.63) is 153 Å². The van der Waals surface area contributed by atoms with E-state index in [-0.39, 0.29) is 21.7 Å². The van der Waals surface area contributed by atoms with Crippen LogP contribution in [-0.2, 0) is 16.2 Å². The van der Waals surface area contributed by atoms with Gasteiger partial charge in [0.05, 0.1) is 5.69 Å². The number of allylic oxidation sites excluding steroid dienone is 7. The summed E-state index contributed by atoms with van der Waals surface area (Å²) in [5, 5.41) is 0. The first-order valence-electron chi connectivity index (χ1n) is 19.6. The summed E-state index contributed by atoms with van der Waals surface area (Å²) in [4.78, 5) is 5.35. The van der Waals surface area contributed by atoms with Gasteiger partial charge in [-0.3, -0.25) is 0 Å². The number of hydrogen-bond acceptors (Lipinski definition) is 2. The first kappa shape index (κ1) is 32.1. The van der Waals surface area contributed by atoms with Crippen LogP contribution in [0.4, 0.5) is 22.7 Å². The van der Waals surface area contributed by atoms with Gasteiger partial charge < -0.3 is 9.80 Å². The van der Waals surface area contributed by atoms with Crippen molar-refractivity contribution in [2.24, 2.45) is 11.3 Å². The Kier molecular flexibility index (Phi) is 6.24. The lowest BCUT2D eigenvalue weighted by Gasteiger charge is -2.60. The third kappa shape index (κ3) is 3.91. The highest BCUT2D eigenvalue weighted by molar-refractivity contribution is 5.91. The van der Waals surface area contributed by atoms with E-state index in [2.05, 4.69) is 170 Å². The van der Waals surface area contributed by atoms with Gasteiger partial charge in [0.2, 0.25) is 0 Å². The second kappa shape index (κ2) is 10.1. The van der Waals surface area contributed by atoms with Crippen LogP contribution in [0, 0.1) is 25.2 Å². The molecule has 0 amide bonds. The number of aryl methyl sites for hydroxylation is 2. The highest BCUT2D eigenvalue weighted by Crippen LogP contribution is 2.67. The Labute approximate surface area is 311 Å². The Morgan fingerprint density at radius 3 is 2.06 bits per heavy atom. The van der Waals surface area contributed by atoms with Crippen molar-refractivity contribution in [1.82, 2.24) is 0 Å². The van der Waals surface area contributed by atoms with Crippen molar-refractivity contribution in [2.45, 2.75) is 105 Å². The molecule has 52 heavy (non-hydrogen) atoms. The van der Waals surface area contributed by atoms with Crippen LogP contribution >= 0.6 is 0 Å². The van der Waals surface area contributed by atoms with Crippen LogP contribution in [0.25, 0.3) is 11.1 Å². The fourth-order valence-electron chi connectivity index (χ4n) is 11.5. The van der Waals surface area contributed by atoms with E-state index in [1.165, 1.54) is 84.1 Å². The smallest absolute Gasteiger partial charge is 0.0542 e. The average Bonchev–Trinajstić information content (AvgIpc) is 3.32. The molecule has 1 atom stereocenters. The predicted octanol–water partition coefficient (Wildman–Crippen LogP) is 13.3. The molecule has 262 valence electrons. The van der Waals surface area contributed by atoms with Gasteiger partial charge in [-0.15, -0.1) is 0 Å². The largest absolute Gasteiger partial charge is 0.313 e. The Morgan fingerprint density at radius 1 is 0.654 bits per heavy atom. The zero-order chi connectivity index (χ0) is 36.3. The lowest BCUT2D eigenvalue weighted by atomic mass is 9.55. The molecule has 4 aromatic rings. The van der Waals surface area contributed by atoms with Crippen molar-refractivity contribution in [1.29, 1.82) is 0 Å². The highest BCUT2D eigenvalue weighted by atomic mass is 15.2. The highest BCUT2D eigenvalue weighted by Gasteiger charge is 2.56. The summed E-state index contributed by atoms with van der Waals surface area (Å²) >= 11 is 0. The monoisotopic (exact) mass is 680 g/mol.